The first kappa shape index (κ1) is 17.2. The summed E-state index contributed by atoms with van der Waals surface area (Å²) in [7, 11) is 0. The number of nitrogens with one attached hydrogen (secondary N) is 2. The van der Waals surface area contributed by atoms with Gasteiger partial charge in [-0.1, -0.05) is 54.2 Å². The van der Waals surface area contributed by atoms with Crippen molar-refractivity contribution in [3.05, 3.63) is 66.0 Å². The van der Waals surface area contributed by atoms with Crippen LogP contribution in [0.4, 0.5) is 4.39 Å². The number of carbonyl (C=O) groups excluding carboxylic acids is 1. The molecule has 0 radical (unpaired) electrons. The summed E-state index contributed by atoms with van der Waals surface area (Å²) in [6, 6.07) is 16.0. The lowest BCUT2D eigenvalue weighted by molar-refractivity contribution is -0.119. The van der Waals surface area contributed by atoms with E-state index in [9.17, 15) is 9.18 Å². The maximum atomic E-state index is 13.7. The van der Waals surface area contributed by atoms with Crippen LogP contribution in [-0.2, 0) is 4.79 Å². The molecule has 3 rings (SSSR count). The molecule has 128 valence electrons. The van der Waals surface area contributed by atoms with Gasteiger partial charge in [-0.15, -0.1) is 5.10 Å². The van der Waals surface area contributed by atoms with Gasteiger partial charge in [0, 0.05) is 0 Å². The lowest BCUT2D eigenvalue weighted by Crippen LogP contribution is -2.28. The largest absolute Gasteiger partial charge is 0.349 e. The Hall–Kier alpha value is -2.67. The van der Waals surface area contributed by atoms with Gasteiger partial charge in [-0.25, -0.2) is 9.37 Å². The molecule has 2 aromatic carbocycles. The molecule has 0 bridgehead atoms. The molecule has 0 spiro atoms. The lowest BCUT2D eigenvalue weighted by atomic mass is 10.1. The average molecular weight is 356 g/mol. The second-order valence-corrected chi connectivity index (χ2v) is 6.38. The number of rotatable bonds is 6. The molecule has 0 aliphatic heterocycles. The van der Waals surface area contributed by atoms with Crippen molar-refractivity contribution in [3.63, 3.8) is 0 Å². The number of hydrogen-bond acceptors (Lipinski definition) is 4. The molecule has 1 unspecified atom stereocenters. The van der Waals surface area contributed by atoms with Crippen LogP contribution in [0.2, 0.25) is 0 Å². The number of thioether (sulfide) groups is 1. The highest BCUT2D eigenvalue weighted by atomic mass is 32.2. The van der Waals surface area contributed by atoms with Crippen LogP contribution in [-0.4, -0.2) is 26.8 Å². The molecular formula is C18H17FN4OS. The fourth-order valence-corrected chi connectivity index (χ4v) is 2.93. The fourth-order valence-electron chi connectivity index (χ4n) is 2.32. The molecule has 1 aromatic heterocycles. The minimum Gasteiger partial charge on any atom is -0.349 e. The van der Waals surface area contributed by atoms with E-state index in [1.807, 2.05) is 37.3 Å². The van der Waals surface area contributed by atoms with Crippen LogP contribution < -0.4 is 5.32 Å². The number of amides is 1. The van der Waals surface area contributed by atoms with E-state index in [0.29, 0.717) is 16.5 Å². The van der Waals surface area contributed by atoms with Gasteiger partial charge in [0.25, 0.3) is 0 Å². The number of benzene rings is 2. The topological polar surface area (TPSA) is 70.7 Å². The number of nitrogens with zero attached hydrogens (tertiary/aromatic N) is 2. The Labute approximate surface area is 149 Å². The van der Waals surface area contributed by atoms with Gasteiger partial charge < -0.3 is 5.32 Å². The van der Waals surface area contributed by atoms with Gasteiger partial charge in [0.15, 0.2) is 5.82 Å². The Bertz CT molecular complexity index is 853. The molecule has 7 heteroatoms. The van der Waals surface area contributed by atoms with Crippen LogP contribution in [0.25, 0.3) is 11.4 Å². The van der Waals surface area contributed by atoms with Crippen molar-refractivity contribution in [2.75, 3.05) is 5.75 Å². The van der Waals surface area contributed by atoms with Gasteiger partial charge in [-0.3, -0.25) is 9.89 Å². The Balaban J connectivity index is 1.55. The molecule has 1 atom stereocenters. The molecule has 0 saturated carbocycles. The highest BCUT2D eigenvalue weighted by Gasteiger charge is 2.13. The number of H-pyrrole nitrogens is 1. The first-order valence-corrected chi connectivity index (χ1v) is 8.76. The van der Waals surface area contributed by atoms with Crippen LogP contribution in [0.5, 0.6) is 0 Å². The van der Waals surface area contributed by atoms with E-state index in [1.165, 1.54) is 17.8 Å². The Morgan fingerprint density at radius 1 is 1.20 bits per heavy atom. The van der Waals surface area contributed by atoms with Crippen LogP contribution in [0, 0.1) is 5.82 Å². The molecule has 0 fully saturated rings. The predicted octanol–water partition coefficient (Wildman–Crippen LogP) is 3.58. The molecular weight excluding hydrogens is 339 g/mol. The third-order valence-corrected chi connectivity index (χ3v) is 4.45. The van der Waals surface area contributed by atoms with Gasteiger partial charge in [0.1, 0.15) is 5.82 Å². The molecule has 0 saturated heterocycles. The fraction of sp³-hybridized carbons (Fsp3) is 0.167. The van der Waals surface area contributed by atoms with E-state index in [-0.39, 0.29) is 23.5 Å². The number of aromatic nitrogens is 3. The van der Waals surface area contributed by atoms with Crippen molar-refractivity contribution in [3.8, 4) is 11.4 Å². The maximum Gasteiger partial charge on any atom is 0.230 e. The normalized spacial score (nSPS) is 11.9. The molecule has 2 N–H and O–H groups in total. The van der Waals surface area contributed by atoms with Crippen molar-refractivity contribution < 1.29 is 9.18 Å². The summed E-state index contributed by atoms with van der Waals surface area (Å²) in [4.78, 5) is 16.3. The number of halogens is 1. The van der Waals surface area contributed by atoms with Crippen molar-refractivity contribution in [1.82, 2.24) is 20.5 Å². The minimum absolute atomic E-state index is 0.0737. The van der Waals surface area contributed by atoms with Crippen molar-refractivity contribution >= 4 is 17.7 Å². The highest BCUT2D eigenvalue weighted by Crippen LogP contribution is 2.21. The van der Waals surface area contributed by atoms with Crippen molar-refractivity contribution in [2.45, 2.75) is 18.1 Å². The second-order valence-electron chi connectivity index (χ2n) is 5.43. The van der Waals surface area contributed by atoms with Gasteiger partial charge >= 0.3 is 0 Å². The van der Waals surface area contributed by atoms with Crippen LogP contribution in [0.3, 0.4) is 0 Å². The van der Waals surface area contributed by atoms with E-state index in [4.69, 9.17) is 0 Å². The average Bonchev–Trinajstić information content (AvgIpc) is 3.10. The maximum absolute atomic E-state index is 13.7. The zero-order valence-corrected chi connectivity index (χ0v) is 14.4. The first-order chi connectivity index (χ1) is 12.1. The first-order valence-electron chi connectivity index (χ1n) is 7.78. The zero-order valence-electron chi connectivity index (χ0n) is 13.6. The van der Waals surface area contributed by atoms with Crippen LogP contribution in [0.1, 0.15) is 18.5 Å². The summed E-state index contributed by atoms with van der Waals surface area (Å²) < 4.78 is 13.7. The van der Waals surface area contributed by atoms with Crippen molar-refractivity contribution in [1.29, 1.82) is 0 Å². The zero-order chi connectivity index (χ0) is 17.6. The molecule has 0 aliphatic carbocycles. The number of hydrogen-bond donors (Lipinski definition) is 2. The van der Waals surface area contributed by atoms with E-state index >= 15 is 0 Å². The quantitative estimate of drug-likeness (QED) is 0.662. The summed E-state index contributed by atoms with van der Waals surface area (Å²) in [5.41, 5.74) is 1.39. The van der Waals surface area contributed by atoms with Gasteiger partial charge in [0.05, 0.1) is 17.4 Å². The SMILES string of the molecule is CC(NC(=O)CSc1n[nH]c(-c2ccccc2F)n1)c1ccccc1. The Morgan fingerprint density at radius 2 is 1.92 bits per heavy atom. The van der Waals surface area contributed by atoms with Crippen LogP contribution in [0.15, 0.2) is 59.8 Å². The van der Waals surface area contributed by atoms with Gasteiger partial charge in [0.2, 0.25) is 11.1 Å². The molecule has 1 heterocycles. The van der Waals surface area contributed by atoms with E-state index < -0.39 is 0 Å². The summed E-state index contributed by atoms with van der Waals surface area (Å²) in [6.45, 7) is 1.93. The number of carbonyl (C=O) groups is 1. The summed E-state index contributed by atoms with van der Waals surface area (Å²) >= 11 is 1.20. The predicted molar refractivity (Wildman–Crippen MR) is 95.5 cm³/mol. The third-order valence-electron chi connectivity index (χ3n) is 3.60. The van der Waals surface area contributed by atoms with Crippen molar-refractivity contribution in [2.24, 2.45) is 0 Å². The summed E-state index contributed by atoms with van der Waals surface area (Å²) in [5.74, 6) is 0.0491. The Kier molecular flexibility index (Phi) is 5.45. The highest BCUT2D eigenvalue weighted by molar-refractivity contribution is 7.99. The van der Waals surface area contributed by atoms with Gasteiger partial charge in [-0.05, 0) is 24.6 Å². The molecule has 3 aromatic rings. The van der Waals surface area contributed by atoms with E-state index in [1.54, 1.807) is 18.2 Å². The van der Waals surface area contributed by atoms with Crippen LogP contribution >= 0.6 is 11.8 Å². The standard InChI is InChI=1S/C18H17FN4OS/c1-12(13-7-3-2-4-8-13)20-16(24)11-25-18-21-17(22-23-18)14-9-5-6-10-15(14)19/h2-10,12H,11H2,1H3,(H,20,24)(H,21,22,23). The lowest BCUT2D eigenvalue weighted by Gasteiger charge is -2.13. The summed E-state index contributed by atoms with van der Waals surface area (Å²) in [5, 5.41) is 10.1. The van der Waals surface area contributed by atoms with E-state index in [0.717, 1.165) is 5.56 Å². The summed E-state index contributed by atoms with van der Waals surface area (Å²) in [6.07, 6.45) is 0. The number of aromatic amines is 1. The third kappa shape index (κ3) is 4.45. The molecule has 5 nitrogen and oxygen atoms in total. The molecule has 0 aliphatic rings. The smallest absolute Gasteiger partial charge is 0.230 e. The molecule has 1 amide bonds. The molecule has 25 heavy (non-hydrogen) atoms. The van der Waals surface area contributed by atoms with Gasteiger partial charge in [-0.2, -0.15) is 0 Å². The minimum atomic E-state index is -0.371. The Morgan fingerprint density at radius 3 is 2.68 bits per heavy atom. The van der Waals surface area contributed by atoms with E-state index in [2.05, 4.69) is 20.5 Å². The monoisotopic (exact) mass is 356 g/mol. The second kappa shape index (κ2) is 7.94.